The van der Waals surface area contributed by atoms with Gasteiger partial charge in [-0.15, -0.1) is 11.3 Å². The van der Waals surface area contributed by atoms with Crippen molar-refractivity contribution in [2.24, 2.45) is 0 Å². The lowest BCUT2D eigenvalue weighted by Crippen LogP contribution is -2.10. The zero-order chi connectivity index (χ0) is 12.8. The van der Waals surface area contributed by atoms with E-state index in [9.17, 15) is 4.39 Å². The second-order valence-electron chi connectivity index (χ2n) is 3.74. The summed E-state index contributed by atoms with van der Waals surface area (Å²) in [4.78, 5) is 5.47. The van der Waals surface area contributed by atoms with E-state index in [-0.39, 0.29) is 5.82 Å². The van der Waals surface area contributed by atoms with Crippen LogP contribution in [0.15, 0.2) is 30.5 Å². The summed E-state index contributed by atoms with van der Waals surface area (Å²) < 4.78 is 18.2. The Morgan fingerprint density at radius 1 is 1.33 bits per heavy atom. The molecule has 1 heterocycles. The molecule has 0 bridgehead atoms. The van der Waals surface area contributed by atoms with Gasteiger partial charge < -0.3 is 10.1 Å². The van der Waals surface area contributed by atoms with E-state index in [2.05, 4.69) is 17.2 Å². The van der Waals surface area contributed by atoms with Crippen LogP contribution in [0, 0.1) is 5.82 Å². The van der Waals surface area contributed by atoms with Crippen LogP contribution in [-0.4, -0.2) is 11.5 Å². The molecule has 1 N–H and O–H groups in total. The summed E-state index contributed by atoms with van der Waals surface area (Å²) in [5, 5.41) is 4.17. The van der Waals surface area contributed by atoms with Crippen LogP contribution in [0.3, 0.4) is 0 Å². The molecule has 0 aliphatic carbocycles. The van der Waals surface area contributed by atoms with Crippen molar-refractivity contribution < 1.29 is 9.13 Å². The summed E-state index contributed by atoms with van der Waals surface area (Å²) in [6.45, 7) is 4.27. The molecular weight excluding hydrogens is 251 g/mol. The number of rotatable bonds is 6. The molecule has 0 atom stereocenters. The average molecular weight is 266 g/mol. The lowest BCUT2D eigenvalue weighted by molar-refractivity contribution is 0.305. The lowest BCUT2D eigenvalue weighted by atomic mass is 10.3. The van der Waals surface area contributed by atoms with Gasteiger partial charge in [0.05, 0.1) is 0 Å². The van der Waals surface area contributed by atoms with Gasteiger partial charge in [0.2, 0.25) is 0 Å². The molecule has 0 saturated heterocycles. The molecule has 2 rings (SSSR count). The number of hydrogen-bond donors (Lipinski definition) is 1. The first-order valence-corrected chi connectivity index (χ1v) is 6.62. The zero-order valence-electron chi connectivity index (χ0n) is 10.1. The van der Waals surface area contributed by atoms with Gasteiger partial charge in [-0.1, -0.05) is 6.92 Å². The third-order valence-corrected chi connectivity index (χ3v) is 3.30. The Morgan fingerprint density at radius 3 is 2.83 bits per heavy atom. The first kappa shape index (κ1) is 13.0. The number of thiazole rings is 1. The summed E-state index contributed by atoms with van der Waals surface area (Å²) in [7, 11) is 0. The van der Waals surface area contributed by atoms with Crippen molar-refractivity contribution in [1.29, 1.82) is 0 Å². The highest BCUT2D eigenvalue weighted by Crippen LogP contribution is 2.17. The molecule has 0 spiro atoms. The highest BCUT2D eigenvalue weighted by atomic mass is 32.1. The van der Waals surface area contributed by atoms with Crippen molar-refractivity contribution in [3.05, 3.63) is 46.2 Å². The quantitative estimate of drug-likeness (QED) is 0.873. The van der Waals surface area contributed by atoms with E-state index in [1.54, 1.807) is 23.5 Å². The molecule has 2 aromatic rings. The van der Waals surface area contributed by atoms with Gasteiger partial charge in [0.15, 0.2) is 0 Å². The molecule has 96 valence electrons. The molecule has 0 fully saturated rings. The van der Waals surface area contributed by atoms with Gasteiger partial charge in [-0.25, -0.2) is 9.37 Å². The van der Waals surface area contributed by atoms with Gasteiger partial charge in [-0.05, 0) is 30.8 Å². The van der Waals surface area contributed by atoms with Crippen molar-refractivity contribution in [3.8, 4) is 5.75 Å². The molecule has 0 saturated carbocycles. The van der Waals surface area contributed by atoms with E-state index in [4.69, 9.17) is 4.74 Å². The van der Waals surface area contributed by atoms with E-state index in [1.807, 2.05) is 6.20 Å². The minimum absolute atomic E-state index is 0.260. The second-order valence-corrected chi connectivity index (χ2v) is 4.94. The lowest BCUT2D eigenvalue weighted by Gasteiger charge is -2.03. The Kier molecular flexibility index (Phi) is 4.66. The standard InChI is InChI=1S/C13H15FN2OS/c1-2-15-7-12-8-16-13(18-12)9-17-11-5-3-10(14)4-6-11/h3-6,8,15H,2,7,9H2,1H3. The Morgan fingerprint density at radius 2 is 2.11 bits per heavy atom. The first-order chi connectivity index (χ1) is 8.78. The van der Waals surface area contributed by atoms with Crippen LogP contribution in [-0.2, 0) is 13.2 Å². The first-order valence-electron chi connectivity index (χ1n) is 5.80. The molecule has 0 aliphatic rings. The van der Waals surface area contributed by atoms with E-state index in [1.165, 1.54) is 17.0 Å². The molecule has 5 heteroatoms. The maximum absolute atomic E-state index is 12.7. The molecule has 1 aromatic heterocycles. The summed E-state index contributed by atoms with van der Waals surface area (Å²) in [6.07, 6.45) is 1.86. The van der Waals surface area contributed by atoms with Crippen molar-refractivity contribution in [2.75, 3.05) is 6.54 Å². The predicted octanol–water partition coefficient (Wildman–Crippen LogP) is 2.97. The third-order valence-electron chi connectivity index (χ3n) is 2.33. The van der Waals surface area contributed by atoms with Crippen LogP contribution in [0.25, 0.3) is 0 Å². The third kappa shape index (κ3) is 3.78. The Bertz CT molecular complexity index is 484. The summed E-state index contributed by atoms with van der Waals surface area (Å²) >= 11 is 1.62. The minimum Gasteiger partial charge on any atom is -0.486 e. The normalized spacial score (nSPS) is 10.6. The van der Waals surface area contributed by atoms with Crippen molar-refractivity contribution in [3.63, 3.8) is 0 Å². The Labute approximate surface area is 110 Å². The topological polar surface area (TPSA) is 34.2 Å². The van der Waals surface area contributed by atoms with Gasteiger partial charge >= 0.3 is 0 Å². The summed E-state index contributed by atoms with van der Waals surface area (Å²) in [5.41, 5.74) is 0. The highest BCUT2D eigenvalue weighted by molar-refractivity contribution is 7.11. The molecular formula is C13H15FN2OS. The molecule has 18 heavy (non-hydrogen) atoms. The number of hydrogen-bond acceptors (Lipinski definition) is 4. The Balaban J connectivity index is 1.86. The maximum Gasteiger partial charge on any atom is 0.140 e. The summed E-state index contributed by atoms with van der Waals surface area (Å²) in [5.74, 6) is 0.393. The molecule has 0 aliphatic heterocycles. The van der Waals surface area contributed by atoms with Gasteiger partial charge in [0.25, 0.3) is 0 Å². The second kappa shape index (κ2) is 6.47. The average Bonchev–Trinajstić information content (AvgIpc) is 2.84. The number of benzene rings is 1. The fraction of sp³-hybridized carbons (Fsp3) is 0.308. The molecule has 0 amide bonds. The van der Waals surface area contributed by atoms with Crippen LogP contribution in [0.4, 0.5) is 4.39 Å². The van der Waals surface area contributed by atoms with Crippen molar-refractivity contribution >= 4 is 11.3 Å². The van der Waals surface area contributed by atoms with E-state index in [0.29, 0.717) is 12.4 Å². The molecule has 0 radical (unpaired) electrons. The number of ether oxygens (including phenoxy) is 1. The highest BCUT2D eigenvalue weighted by Gasteiger charge is 2.02. The fourth-order valence-electron chi connectivity index (χ4n) is 1.42. The van der Waals surface area contributed by atoms with E-state index in [0.717, 1.165) is 18.1 Å². The van der Waals surface area contributed by atoms with Crippen molar-refractivity contribution in [1.82, 2.24) is 10.3 Å². The summed E-state index contributed by atoms with van der Waals surface area (Å²) in [6, 6.07) is 5.99. The van der Waals surface area contributed by atoms with Crippen LogP contribution in [0.1, 0.15) is 16.8 Å². The molecule has 3 nitrogen and oxygen atoms in total. The van der Waals surface area contributed by atoms with Gasteiger partial charge in [0.1, 0.15) is 23.2 Å². The number of halogens is 1. The number of nitrogens with one attached hydrogen (secondary N) is 1. The van der Waals surface area contributed by atoms with Gasteiger partial charge in [-0.3, -0.25) is 0 Å². The van der Waals surface area contributed by atoms with E-state index >= 15 is 0 Å². The largest absolute Gasteiger partial charge is 0.486 e. The van der Waals surface area contributed by atoms with Crippen LogP contribution in [0.2, 0.25) is 0 Å². The van der Waals surface area contributed by atoms with Crippen LogP contribution >= 0.6 is 11.3 Å². The Hall–Kier alpha value is -1.46. The fourth-order valence-corrected chi connectivity index (χ4v) is 2.23. The van der Waals surface area contributed by atoms with Crippen molar-refractivity contribution in [2.45, 2.75) is 20.1 Å². The smallest absolute Gasteiger partial charge is 0.140 e. The van der Waals surface area contributed by atoms with Gasteiger partial charge in [0, 0.05) is 17.6 Å². The number of aromatic nitrogens is 1. The maximum atomic E-state index is 12.7. The minimum atomic E-state index is -0.260. The van der Waals surface area contributed by atoms with Gasteiger partial charge in [-0.2, -0.15) is 0 Å². The predicted molar refractivity (Wildman–Crippen MR) is 70.2 cm³/mol. The monoisotopic (exact) mass is 266 g/mol. The SMILES string of the molecule is CCNCc1cnc(COc2ccc(F)cc2)s1. The number of nitrogens with zero attached hydrogens (tertiary/aromatic N) is 1. The molecule has 0 unspecified atom stereocenters. The zero-order valence-corrected chi connectivity index (χ0v) is 11.0. The van der Waals surface area contributed by atoms with Crippen LogP contribution < -0.4 is 10.1 Å². The molecule has 1 aromatic carbocycles. The van der Waals surface area contributed by atoms with E-state index < -0.39 is 0 Å². The van der Waals surface area contributed by atoms with Crippen LogP contribution in [0.5, 0.6) is 5.75 Å².